The number of carbonyl (C=O) groups excluding carboxylic acids is 2. The Kier molecular flexibility index (Phi) is 3.04. The van der Waals surface area contributed by atoms with Gasteiger partial charge in [-0.2, -0.15) is 0 Å². The highest BCUT2D eigenvalue weighted by molar-refractivity contribution is 5.99. The standard InChI is InChI=1S/C10H9FO4/c1-5(12)6-3-7(10(14)15-2)9(13)8(11)4-6/h3-4,13H,1-2H3. The molecule has 0 spiro atoms. The summed E-state index contributed by atoms with van der Waals surface area (Å²) < 4.78 is 17.4. The summed E-state index contributed by atoms with van der Waals surface area (Å²) in [6.07, 6.45) is 0. The van der Waals surface area contributed by atoms with Gasteiger partial charge in [0.1, 0.15) is 5.56 Å². The zero-order chi connectivity index (χ0) is 11.6. The molecular formula is C10H9FO4. The lowest BCUT2D eigenvalue weighted by molar-refractivity contribution is 0.0596. The van der Waals surface area contributed by atoms with E-state index in [0.29, 0.717) is 0 Å². The Morgan fingerprint density at radius 3 is 2.47 bits per heavy atom. The predicted molar refractivity (Wildman–Crippen MR) is 49.4 cm³/mol. The van der Waals surface area contributed by atoms with Gasteiger partial charge in [-0.25, -0.2) is 9.18 Å². The van der Waals surface area contributed by atoms with Gasteiger partial charge in [-0.3, -0.25) is 4.79 Å². The summed E-state index contributed by atoms with van der Waals surface area (Å²) in [7, 11) is 1.10. The maximum absolute atomic E-state index is 13.1. The molecule has 1 N–H and O–H groups in total. The number of methoxy groups -OCH3 is 1. The van der Waals surface area contributed by atoms with Gasteiger partial charge in [-0.15, -0.1) is 0 Å². The van der Waals surface area contributed by atoms with Crippen molar-refractivity contribution in [3.05, 3.63) is 29.1 Å². The highest BCUT2D eigenvalue weighted by Gasteiger charge is 2.18. The van der Waals surface area contributed by atoms with Crippen molar-refractivity contribution in [3.8, 4) is 5.75 Å². The molecule has 0 aliphatic carbocycles. The van der Waals surface area contributed by atoms with Crippen LogP contribution in [0, 0.1) is 5.82 Å². The number of Topliss-reactive ketones (excluding diaryl/α,β-unsaturated/α-hetero) is 1. The number of hydrogen-bond acceptors (Lipinski definition) is 4. The molecule has 0 amide bonds. The van der Waals surface area contributed by atoms with E-state index in [0.717, 1.165) is 19.2 Å². The monoisotopic (exact) mass is 212 g/mol. The van der Waals surface area contributed by atoms with E-state index in [2.05, 4.69) is 4.74 Å². The first-order chi connectivity index (χ1) is 6.97. The molecule has 0 saturated heterocycles. The first-order valence-corrected chi connectivity index (χ1v) is 4.09. The number of phenolic OH excluding ortho intramolecular Hbond substituents is 1. The Hall–Kier alpha value is -1.91. The Morgan fingerprint density at radius 2 is 2.00 bits per heavy atom. The van der Waals surface area contributed by atoms with E-state index in [1.165, 1.54) is 6.92 Å². The minimum Gasteiger partial charge on any atom is -0.504 e. The van der Waals surface area contributed by atoms with E-state index < -0.39 is 23.3 Å². The van der Waals surface area contributed by atoms with Crippen molar-refractivity contribution in [2.24, 2.45) is 0 Å². The number of benzene rings is 1. The number of aromatic hydroxyl groups is 1. The topological polar surface area (TPSA) is 63.6 Å². The molecule has 0 radical (unpaired) electrons. The van der Waals surface area contributed by atoms with E-state index in [1.54, 1.807) is 0 Å². The maximum Gasteiger partial charge on any atom is 0.341 e. The Morgan fingerprint density at radius 1 is 1.40 bits per heavy atom. The molecule has 4 nitrogen and oxygen atoms in total. The van der Waals surface area contributed by atoms with Gasteiger partial charge in [0.2, 0.25) is 0 Å². The van der Waals surface area contributed by atoms with Gasteiger partial charge in [0.05, 0.1) is 7.11 Å². The second kappa shape index (κ2) is 4.08. The quantitative estimate of drug-likeness (QED) is 0.596. The van der Waals surface area contributed by atoms with Crippen LogP contribution in [0.25, 0.3) is 0 Å². The lowest BCUT2D eigenvalue weighted by Crippen LogP contribution is -2.05. The molecular weight excluding hydrogens is 203 g/mol. The first-order valence-electron chi connectivity index (χ1n) is 4.09. The zero-order valence-electron chi connectivity index (χ0n) is 8.20. The summed E-state index contributed by atoms with van der Waals surface area (Å²) >= 11 is 0. The second-order valence-corrected chi connectivity index (χ2v) is 2.90. The molecule has 0 fully saturated rings. The van der Waals surface area contributed by atoms with Gasteiger partial charge < -0.3 is 9.84 Å². The zero-order valence-corrected chi connectivity index (χ0v) is 8.20. The smallest absolute Gasteiger partial charge is 0.341 e. The van der Waals surface area contributed by atoms with Crippen LogP contribution in [0.1, 0.15) is 27.6 Å². The van der Waals surface area contributed by atoms with Crippen molar-refractivity contribution in [3.63, 3.8) is 0 Å². The first kappa shape index (κ1) is 11.2. The Labute approximate surface area is 85.3 Å². The highest BCUT2D eigenvalue weighted by atomic mass is 19.1. The number of phenols is 1. The van der Waals surface area contributed by atoms with Crippen LogP contribution in [0.3, 0.4) is 0 Å². The molecule has 0 atom stereocenters. The average Bonchev–Trinajstić information content (AvgIpc) is 2.20. The van der Waals surface area contributed by atoms with Crippen LogP contribution in [0.5, 0.6) is 5.75 Å². The van der Waals surface area contributed by atoms with E-state index in [4.69, 9.17) is 0 Å². The van der Waals surface area contributed by atoms with Gasteiger partial charge in [-0.1, -0.05) is 0 Å². The third-order valence-electron chi connectivity index (χ3n) is 1.88. The number of ether oxygens (including phenoxy) is 1. The summed E-state index contributed by atoms with van der Waals surface area (Å²) in [5, 5.41) is 9.22. The van der Waals surface area contributed by atoms with E-state index in [9.17, 15) is 19.1 Å². The lowest BCUT2D eigenvalue weighted by atomic mass is 10.1. The molecule has 1 rings (SSSR count). The third kappa shape index (κ3) is 2.12. The summed E-state index contributed by atoms with van der Waals surface area (Å²) in [4.78, 5) is 22.1. The van der Waals surface area contributed by atoms with Crippen molar-refractivity contribution >= 4 is 11.8 Å². The number of rotatable bonds is 2. The van der Waals surface area contributed by atoms with Gasteiger partial charge in [0.25, 0.3) is 0 Å². The molecule has 5 heteroatoms. The maximum atomic E-state index is 13.1. The van der Waals surface area contributed by atoms with Crippen LogP contribution in [0.2, 0.25) is 0 Å². The molecule has 0 heterocycles. The third-order valence-corrected chi connectivity index (χ3v) is 1.88. The fraction of sp³-hybridized carbons (Fsp3) is 0.200. The lowest BCUT2D eigenvalue weighted by Gasteiger charge is -2.05. The highest BCUT2D eigenvalue weighted by Crippen LogP contribution is 2.24. The summed E-state index contributed by atoms with van der Waals surface area (Å²) in [6, 6.07) is 1.96. The fourth-order valence-corrected chi connectivity index (χ4v) is 1.07. The molecule has 1 aromatic carbocycles. The van der Waals surface area contributed by atoms with Crippen LogP contribution in [0.4, 0.5) is 4.39 Å². The van der Waals surface area contributed by atoms with Crippen LogP contribution in [-0.2, 0) is 4.74 Å². The van der Waals surface area contributed by atoms with Gasteiger partial charge in [0.15, 0.2) is 17.3 Å². The molecule has 0 aliphatic rings. The molecule has 1 aromatic rings. The van der Waals surface area contributed by atoms with Crippen molar-refractivity contribution in [2.75, 3.05) is 7.11 Å². The average molecular weight is 212 g/mol. The Bertz CT molecular complexity index is 426. The number of ketones is 1. The van der Waals surface area contributed by atoms with Crippen molar-refractivity contribution in [1.29, 1.82) is 0 Å². The second-order valence-electron chi connectivity index (χ2n) is 2.90. The van der Waals surface area contributed by atoms with Crippen LogP contribution in [-0.4, -0.2) is 24.0 Å². The van der Waals surface area contributed by atoms with Crippen molar-refractivity contribution < 1.29 is 23.8 Å². The summed E-state index contributed by atoms with van der Waals surface area (Å²) in [5.41, 5.74) is -0.353. The van der Waals surface area contributed by atoms with E-state index in [1.807, 2.05) is 0 Å². The van der Waals surface area contributed by atoms with Gasteiger partial charge >= 0.3 is 5.97 Å². The number of carbonyl (C=O) groups is 2. The predicted octanol–water partition coefficient (Wildman–Crippen LogP) is 1.52. The molecule has 0 bridgehead atoms. The van der Waals surface area contributed by atoms with Gasteiger partial charge in [-0.05, 0) is 19.1 Å². The van der Waals surface area contributed by atoms with Crippen LogP contribution in [0.15, 0.2) is 12.1 Å². The molecule has 15 heavy (non-hydrogen) atoms. The number of esters is 1. The van der Waals surface area contributed by atoms with Crippen LogP contribution >= 0.6 is 0 Å². The molecule has 0 aromatic heterocycles. The van der Waals surface area contributed by atoms with Crippen molar-refractivity contribution in [2.45, 2.75) is 6.92 Å². The number of halogens is 1. The molecule has 0 saturated carbocycles. The summed E-state index contributed by atoms with van der Waals surface area (Å²) in [6.45, 7) is 1.23. The van der Waals surface area contributed by atoms with E-state index >= 15 is 0 Å². The molecule has 80 valence electrons. The van der Waals surface area contributed by atoms with Crippen LogP contribution < -0.4 is 0 Å². The Balaban J connectivity index is 3.37. The fourth-order valence-electron chi connectivity index (χ4n) is 1.07. The number of hydrogen-bond donors (Lipinski definition) is 1. The molecule has 0 aliphatic heterocycles. The summed E-state index contributed by atoms with van der Waals surface area (Å²) in [5.74, 6) is -3.14. The SMILES string of the molecule is COC(=O)c1cc(C(C)=O)cc(F)c1O. The minimum atomic E-state index is -1.02. The van der Waals surface area contributed by atoms with Gasteiger partial charge in [0, 0.05) is 5.56 Å². The normalized spacial score (nSPS) is 9.80. The van der Waals surface area contributed by atoms with Crippen molar-refractivity contribution in [1.82, 2.24) is 0 Å². The van der Waals surface area contributed by atoms with E-state index in [-0.39, 0.29) is 11.1 Å². The molecule has 0 unspecified atom stereocenters. The minimum absolute atomic E-state index is 0.00528. The largest absolute Gasteiger partial charge is 0.504 e.